The van der Waals surface area contributed by atoms with Gasteiger partial charge in [-0.2, -0.15) is 0 Å². The molecule has 2 aromatic rings. The second kappa shape index (κ2) is 8.98. The number of piperidine rings is 1. The van der Waals surface area contributed by atoms with Crippen LogP contribution in [0.4, 0.5) is 0 Å². The molecule has 0 spiro atoms. The lowest BCUT2D eigenvalue weighted by Gasteiger charge is -2.33. The van der Waals surface area contributed by atoms with Gasteiger partial charge in [-0.25, -0.2) is 9.50 Å². The third kappa shape index (κ3) is 3.88. The smallest absolute Gasteiger partial charge is 0.277 e. The normalized spacial score (nSPS) is 22.7. The molecule has 0 bridgehead atoms. The van der Waals surface area contributed by atoms with Crippen LogP contribution in [0, 0.1) is 0 Å². The Morgan fingerprint density at radius 1 is 1.22 bits per heavy atom. The maximum absolute atomic E-state index is 13.3. The summed E-state index contributed by atoms with van der Waals surface area (Å²) in [5.41, 5.74) is 3.61. The largest absolute Gasteiger partial charge is 0.368 e. The first-order valence-corrected chi connectivity index (χ1v) is 12.4. The number of H-pyrrole nitrogens is 1. The molecule has 0 unspecified atom stereocenters. The van der Waals surface area contributed by atoms with E-state index >= 15 is 0 Å². The number of likely N-dealkylation sites (tertiary alicyclic amines) is 1. The summed E-state index contributed by atoms with van der Waals surface area (Å²) in [6.45, 7) is 8.27. The summed E-state index contributed by atoms with van der Waals surface area (Å²) in [4.78, 5) is 35.2. The van der Waals surface area contributed by atoms with Crippen LogP contribution in [-0.2, 0) is 22.5 Å². The minimum atomic E-state index is -0.242. The van der Waals surface area contributed by atoms with Crippen molar-refractivity contribution in [2.45, 2.75) is 83.4 Å². The van der Waals surface area contributed by atoms with Crippen LogP contribution in [0.15, 0.2) is 10.9 Å². The van der Waals surface area contributed by atoms with Crippen LogP contribution in [0.2, 0.25) is 0 Å². The Bertz CT molecular complexity index is 1030. The fourth-order valence-corrected chi connectivity index (χ4v) is 5.73. The number of carbonyl (C=O) groups excluding carboxylic acids is 1. The minimum absolute atomic E-state index is 0.0397. The van der Waals surface area contributed by atoms with Crippen LogP contribution in [0.5, 0.6) is 0 Å². The number of carbonyl (C=O) groups is 1. The number of amides is 1. The van der Waals surface area contributed by atoms with Gasteiger partial charge in [-0.1, -0.05) is 13.8 Å². The fraction of sp³-hybridized carbons (Fsp3) is 0.708. The van der Waals surface area contributed by atoms with Crippen molar-refractivity contribution in [3.05, 3.63) is 33.4 Å². The number of nitrogens with zero attached hydrogens (tertiary/aromatic N) is 4. The molecule has 8 nitrogen and oxygen atoms in total. The molecule has 2 saturated heterocycles. The zero-order valence-corrected chi connectivity index (χ0v) is 19.3. The molecule has 3 aliphatic heterocycles. The van der Waals surface area contributed by atoms with E-state index in [-0.39, 0.29) is 17.6 Å². The summed E-state index contributed by atoms with van der Waals surface area (Å²) in [7, 11) is 0. The highest BCUT2D eigenvalue weighted by molar-refractivity contribution is 5.81. The highest BCUT2D eigenvalue weighted by atomic mass is 16.5. The summed E-state index contributed by atoms with van der Waals surface area (Å²) in [6.07, 6.45) is 6.39. The number of rotatable bonds is 5. The molecule has 5 rings (SSSR count). The first-order valence-electron chi connectivity index (χ1n) is 12.4. The Hall–Kier alpha value is -2.19. The summed E-state index contributed by atoms with van der Waals surface area (Å²) < 4.78 is 7.20. The highest BCUT2D eigenvalue weighted by Crippen LogP contribution is 2.29. The SMILES string of the molecule is CCC(CC)N1CCc2nc3cc(C4CCN(C(=O)[C@@H]5CCCO5)CC4)[nH]n3c(=O)c2C1. The first kappa shape index (κ1) is 21.6. The van der Waals surface area contributed by atoms with E-state index < -0.39 is 0 Å². The van der Waals surface area contributed by atoms with Crippen molar-refractivity contribution in [3.63, 3.8) is 0 Å². The third-order valence-electron chi connectivity index (χ3n) is 7.72. The van der Waals surface area contributed by atoms with Crippen LogP contribution in [0.1, 0.15) is 75.2 Å². The molecule has 8 heteroatoms. The van der Waals surface area contributed by atoms with Crippen LogP contribution < -0.4 is 5.56 Å². The van der Waals surface area contributed by atoms with Gasteiger partial charge in [-0.3, -0.25) is 19.6 Å². The highest BCUT2D eigenvalue weighted by Gasteiger charge is 2.32. The molecule has 5 heterocycles. The molecular weight excluding hydrogens is 406 g/mol. The summed E-state index contributed by atoms with van der Waals surface area (Å²) in [6, 6.07) is 2.56. The molecule has 1 amide bonds. The van der Waals surface area contributed by atoms with Gasteiger partial charge in [-0.05, 0) is 38.5 Å². The molecule has 0 radical (unpaired) electrons. The number of nitrogens with one attached hydrogen (secondary N) is 1. The van der Waals surface area contributed by atoms with E-state index in [4.69, 9.17) is 9.72 Å². The molecule has 3 aliphatic rings. The summed E-state index contributed by atoms with van der Waals surface area (Å²) in [5.74, 6) is 0.452. The van der Waals surface area contributed by atoms with Crippen molar-refractivity contribution >= 4 is 11.6 Å². The Morgan fingerprint density at radius 2 is 2.00 bits per heavy atom. The Morgan fingerprint density at radius 3 is 2.69 bits per heavy atom. The van der Waals surface area contributed by atoms with E-state index in [0.29, 0.717) is 25.1 Å². The Kier molecular flexibility index (Phi) is 6.07. The van der Waals surface area contributed by atoms with Crippen LogP contribution in [0.25, 0.3) is 5.65 Å². The van der Waals surface area contributed by atoms with Gasteiger partial charge in [-0.15, -0.1) is 0 Å². The van der Waals surface area contributed by atoms with E-state index in [0.717, 1.165) is 87.2 Å². The van der Waals surface area contributed by atoms with Crippen molar-refractivity contribution in [3.8, 4) is 0 Å². The van der Waals surface area contributed by atoms with Crippen molar-refractivity contribution in [1.82, 2.24) is 24.4 Å². The van der Waals surface area contributed by atoms with Crippen molar-refractivity contribution in [2.75, 3.05) is 26.2 Å². The molecule has 1 atom stereocenters. The molecule has 174 valence electrons. The summed E-state index contributed by atoms with van der Waals surface area (Å²) >= 11 is 0. The number of aromatic nitrogens is 3. The third-order valence-corrected chi connectivity index (χ3v) is 7.72. The second-order valence-corrected chi connectivity index (χ2v) is 9.54. The van der Waals surface area contributed by atoms with Gasteiger partial charge in [0, 0.05) is 62.9 Å². The topological polar surface area (TPSA) is 82.9 Å². The second-order valence-electron chi connectivity index (χ2n) is 9.54. The lowest BCUT2D eigenvalue weighted by Crippen LogP contribution is -2.43. The molecule has 0 aromatic carbocycles. The van der Waals surface area contributed by atoms with E-state index in [9.17, 15) is 9.59 Å². The standard InChI is InChI=1S/C24H35N5O3/c1-3-17(4-2)28-12-9-19-18(15-28)23(30)29-22(25-19)14-20(26-29)16-7-10-27(11-8-16)24(31)21-6-5-13-32-21/h14,16-17,21,26H,3-13,15H2,1-2H3/t21-/m0/s1. The average Bonchev–Trinajstić information content (AvgIpc) is 3.51. The van der Waals surface area contributed by atoms with Gasteiger partial charge in [0.1, 0.15) is 6.10 Å². The van der Waals surface area contributed by atoms with E-state index in [1.165, 1.54) is 0 Å². The lowest BCUT2D eigenvalue weighted by atomic mass is 9.93. The van der Waals surface area contributed by atoms with Gasteiger partial charge in [0.2, 0.25) is 0 Å². The fourth-order valence-electron chi connectivity index (χ4n) is 5.73. The zero-order valence-electron chi connectivity index (χ0n) is 19.3. The van der Waals surface area contributed by atoms with Gasteiger partial charge in [0.15, 0.2) is 5.65 Å². The maximum atomic E-state index is 13.3. The van der Waals surface area contributed by atoms with Crippen molar-refractivity contribution < 1.29 is 9.53 Å². The molecule has 0 saturated carbocycles. The first-order chi connectivity index (χ1) is 15.6. The number of hydrogen-bond acceptors (Lipinski definition) is 5. The van der Waals surface area contributed by atoms with Crippen LogP contribution >= 0.6 is 0 Å². The molecular formula is C24H35N5O3. The molecule has 0 aliphatic carbocycles. The molecule has 1 N–H and O–H groups in total. The zero-order chi connectivity index (χ0) is 22.2. The minimum Gasteiger partial charge on any atom is -0.368 e. The quantitative estimate of drug-likeness (QED) is 0.771. The predicted octanol–water partition coefficient (Wildman–Crippen LogP) is 2.45. The predicted molar refractivity (Wildman–Crippen MR) is 122 cm³/mol. The average molecular weight is 442 g/mol. The number of ether oxygens (including phenoxy) is 1. The number of fused-ring (bicyclic) bond motifs is 2. The molecule has 2 aromatic heterocycles. The van der Waals surface area contributed by atoms with Gasteiger partial charge >= 0.3 is 0 Å². The van der Waals surface area contributed by atoms with Gasteiger partial charge in [0.25, 0.3) is 11.5 Å². The molecule has 2 fully saturated rings. The van der Waals surface area contributed by atoms with E-state index in [1.54, 1.807) is 4.52 Å². The van der Waals surface area contributed by atoms with Crippen LogP contribution in [-0.4, -0.2) is 68.7 Å². The number of hydrogen-bond donors (Lipinski definition) is 1. The van der Waals surface area contributed by atoms with Gasteiger partial charge < -0.3 is 9.64 Å². The lowest BCUT2D eigenvalue weighted by molar-refractivity contribution is -0.142. The Balaban J connectivity index is 1.32. The van der Waals surface area contributed by atoms with Crippen molar-refractivity contribution in [1.29, 1.82) is 0 Å². The molecule has 32 heavy (non-hydrogen) atoms. The maximum Gasteiger partial charge on any atom is 0.277 e. The Labute approximate surface area is 188 Å². The van der Waals surface area contributed by atoms with Crippen LogP contribution in [0.3, 0.4) is 0 Å². The number of aromatic amines is 1. The van der Waals surface area contributed by atoms with E-state index in [1.807, 2.05) is 11.0 Å². The summed E-state index contributed by atoms with van der Waals surface area (Å²) in [5, 5.41) is 3.35. The van der Waals surface area contributed by atoms with Gasteiger partial charge in [0.05, 0.1) is 11.3 Å². The monoisotopic (exact) mass is 441 g/mol. The van der Waals surface area contributed by atoms with E-state index in [2.05, 4.69) is 23.8 Å². The van der Waals surface area contributed by atoms with Crippen molar-refractivity contribution in [2.24, 2.45) is 0 Å².